The first-order valence-electron chi connectivity index (χ1n) is 6.70. The summed E-state index contributed by atoms with van der Waals surface area (Å²) in [5, 5.41) is 3.47. The fourth-order valence-electron chi connectivity index (χ4n) is 1.83. The predicted octanol–water partition coefficient (Wildman–Crippen LogP) is 2.77. The summed E-state index contributed by atoms with van der Waals surface area (Å²) in [5.41, 5.74) is 1.14. The smallest absolute Gasteiger partial charge is 0.142 e. The first kappa shape index (κ1) is 14.8. The molecule has 0 aromatic heterocycles. The van der Waals surface area contributed by atoms with Crippen LogP contribution in [0.1, 0.15) is 20.3 Å². The van der Waals surface area contributed by atoms with E-state index in [1.54, 1.807) is 7.11 Å². The van der Waals surface area contributed by atoms with Crippen LogP contribution in [-0.2, 0) is 0 Å². The van der Waals surface area contributed by atoms with Gasteiger partial charge in [0.25, 0.3) is 0 Å². The Kier molecular flexibility index (Phi) is 6.58. The molecule has 0 heterocycles. The minimum atomic E-state index is 0.768. The van der Waals surface area contributed by atoms with Gasteiger partial charge < -0.3 is 15.0 Å². The number of ether oxygens (including phenoxy) is 1. The summed E-state index contributed by atoms with van der Waals surface area (Å²) < 4.78 is 5.36. The second-order valence-electron chi connectivity index (χ2n) is 5.03. The van der Waals surface area contributed by atoms with Gasteiger partial charge in [-0.05, 0) is 31.0 Å². The van der Waals surface area contributed by atoms with E-state index in [-0.39, 0.29) is 0 Å². The molecule has 18 heavy (non-hydrogen) atoms. The maximum absolute atomic E-state index is 5.36. The topological polar surface area (TPSA) is 24.5 Å². The Balaban J connectivity index is 2.34. The molecule has 0 fully saturated rings. The van der Waals surface area contributed by atoms with Crippen molar-refractivity contribution in [3.8, 4) is 5.75 Å². The van der Waals surface area contributed by atoms with Crippen LogP contribution in [0, 0.1) is 5.92 Å². The van der Waals surface area contributed by atoms with Gasteiger partial charge >= 0.3 is 0 Å². The van der Waals surface area contributed by atoms with Gasteiger partial charge in [-0.25, -0.2) is 0 Å². The third kappa shape index (κ3) is 4.96. The van der Waals surface area contributed by atoms with Crippen molar-refractivity contribution in [3.63, 3.8) is 0 Å². The van der Waals surface area contributed by atoms with E-state index in [1.807, 2.05) is 18.2 Å². The number of hydrogen-bond donors (Lipinski definition) is 1. The van der Waals surface area contributed by atoms with Crippen LogP contribution in [0.5, 0.6) is 5.75 Å². The first-order chi connectivity index (χ1) is 8.65. The Bertz CT molecular complexity index is 339. The summed E-state index contributed by atoms with van der Waals surface area (Å²) >= 11 is 0. The Labute approximate surface area is 111 Å². The van der Waals surface area contributed by atoms with Gasteiger partial charge in [-0.2, -0.15) is 0 Å². The molecular formula is C15H26N2O. The second kappa shape index (κ2) is 7.98. The summed E-state index contributed by atoms with van der Waals surface area (Å²) in [6.45, 7) is 7.59. The minimum absolute atomic E-state index is 0.768. The molecule has 102 valence electrons. The molecule has 0 saturated heterocycles. The van der Waals surface area contributed by atoms with E-state index in [4.69, 9.17) is 4.74 Å². The van der Waals surface area contributed by atoms with E-state index in [0.717, 1.165) is 37.0 Å². The zero-order chi connectivity index (χ0) is 13.4. The van der Waals surface area contributed by atoms with Crippen molar-refractivity contribution in [2.75, 3.05) is 38.7 Å². The summed E-state index contributed by atoms with van der Waals surface area (Å²) in [4.78, 5) is 2.22. The zero-order valence-corrected chi connectivity index (χ0v) is 12.1. The molecule has 1 aromatic rings. The van der Waals surface area contributed by atoms with Gasteiger partial charge in [0.1, 0.15) is 5.75 Å². The van der Waals surface area contributed by atoms with Crippen molar-refractivity contribution in [3.05, 3.63) is 24.3 Å². The standard InChI is InChI=1S/C15H26N2O/c1-13(2)9-10-16-11-12-17(3)14-7-5-6-8-15(14)18-4/h5-8,13,16H,9-12H2,1-4H3. The van der Waals surface area contributed by atoms with E-state index in [0.29, 0.717) is 0 Å². The van der Waals surface area contributed by atoms with E-state index >= 15 is 0 Å². The number of benzene rings is 1. The maximum atomic E-state index is 5.36. The highest BCUT2D eigenvalue weighted by molar-refractivity contribution is 5.57. The number of rotatable bonds is 8. The van der Waals surface area contributed by atoms with Crippen LogP contribution in [0.25, 0.3) is 0 Å². The second-order valence-corrected chi connectivity index (χ2v) is 5.03. The number of likely N-dealkylation sites (N-methyl/N-ethyl adjacent to an activating group) is 1. The Hall–Kier alpha value is -1.22. The molecule has 1 aromatic carbocycles. The molecule has 0 atom stereocenters. The summed E-state index contributed by atoms with van der Waals surface area (Å²) in [7, 11) is 3.82. The zero-order valence-electron chi connectivity index (χ0n) is 12.1. The first-order valence-corrected chi connectivity index (χ1v) is 6.70. The minimum Gasteiger partial charge on any atom is -0.495 e. The molecule has 0 unspecified atom stereocenters. The van der Waals surface area contributed by atoms with Crippen LogP contribution in [0.2, 0.25) is 0 Å². The monoisotopic (exact) mass is 250 g/mol. The average Bonchev–Trinajstić information content (AvgIpc) is 2.37. The van der Waals surface area contributed by atoms with Crippen LogP contribution in [-0.4, -0.2) is 33.8 Å². The lowest BCUT2D eigenvalue weighted by Crippen LogP contribution is -2.30. The highest BCUT2D eigenvalue weighted by Gasteiger charge is 2.06. The number of nitrogens with one attached hydrogen (secondary N) is 1. The average molecular weight is 250 g/mol. The molecule has 0 aliphatic heterocycles. The predicted molar refractivity (Wildman–Crippen MR) is 78.6 cm³/mol. The van der Waals surface area contributed by atoms with Crippen molar-refractivity contribution < 1.29 is 4.74 Å². The molecule has 3 heteroatoms. The Morgan fingerprint density at radius 1 is 1.22 bits per heavy atom. The number of nitrogens with zero attached hydrogens (tertiary/aromatic N) is 1. The van der Waals surface area contributed by atoms with Crippen molar-refractivity contribution in [1.29, 1.82) is 0 Å². The molecule has 0 aliphatic rings. The molecule has 0 amide bonds. The maximum Gasteiger partial charge on any atom is 0.142 e. The summed E-state index contributed by atoms with van der Waals surface area (Å²) in [6, 6.07) is 8.13. The van der Waals surface area contributed by atoms with Crippen LogP contribution in [0.4, 0.5) is 5.69 Å². The molecule has 1 rings (SSSR count). The van der Waals surface area contributed by atoms with Crippen LogP contribution >= 0.6 is 0 Å². The van der Waals surface area contributed by atoms with Crippen LogP contribution in [0.15, 0.2) is 24.3 Å². The van der Waals surface area contributed by atoms with E-state index in [2.05, 4.69) is 37.2 Å². The summed E-state index contributed by atoms with van der Waals surface area (Å²) in [5.74, 6) is 1.70. The van der Waals surface area contributed by atoms with Crippen LogP contribution in [0.3, 0.4) is 0 Å². The quantitative estimate of drug-likeness (QED) is 0.718. The van der Waals surface area contributed by atoms with Crippen molar-refractivity contribution in [2.45, 2.75) is 20.3 Å². The van der Waals surface area contributed by atoms with Gasteiger partial charge in [-0.15, -0.1) is 0 Å². The van der Waals surface area contributed by atoms with Gasteiger partial charge in [-0.1, -0.05) is 26.0 Å². The normalized spacial score (nSPS) is 10.7. The molecule has 0 aliphatic carbocycles. The number of para-hydroxylation sites is 2. The number of hydrogen-bond acceptors (Lipinski definition) is 3. The molecule has 0 radical (unpaired) electrons. The number of methoxy groups -OCH3 is 1. The Morgan fingerprint density at radius 3 is 2.61 bits per heavy atom. The lowest BCUT2D eigenvalue weighted by Gasteiger charge is -2.21. The Morgan fingerprint density at radius 2 is 1.94 bits per heavy atom. The van der Waals surface area contributed by atoms with Gasteiger partial charge in [0.15, 0.2) is 0 Å². The van der Waals surface area contributed by atoms with Gasteiger partial charge in [0.2, 0.25) is 0 Å². The van der Waals surface area contributed by atoms with Gasteiger partial charge in [-0.3, -0.25) is 0 Å². The lowest BCUT2D eigenvalue weighted by atomic mass is 10.1. The number of anilines is 1. The molecule has 0 bridgehead atoms. The van der Waals surface area contributed by atoms with Crippen LogP contribution < -0.4 is 15.0 Å². The molecule has 0 spiro atoms. The highest BCUT2D eigenvalue weighted by atomic mass is 16.5. The molecule has 3 nitrogen and oxygen atoms in total. The van der Waals surface area contributed by atoms with E-state index in [1.165, 1.54) is 6.42 Å². The van der Waals surface area contributed by atoms with Crippen molar-refractivity contribution in [1.82, 2.24) is 5.32 Å². The highest BCUT2D eigenvalue weighted by Crippen LogP contribution is 2.25. The third-order valence-corrected chi connectivity index (χ3v) is 3.02. The largest absolute Gasteiger partial charge is 0.495 e. The van der Waals surface area contributed by atoms with Crippen molar-refractivity contribution in [2.24, 2.45) is 5.92 Å². The molecule has 1 N–H and O–H groups in total. The summed E-state index contributed by atoms with van der Waals surface area (Å²) in [6.07, 6.45) is 1.23. The fourth-order valence-corrected chi connectivity index (χ4v) is 1.83. The lowest BCUT2D eigenvalue weighted by molar-refractivity contribution is 0.414. The van der Waals surface area contributed by atoms with E-state index in [9.17, 15) is 0 Å². The van der Waals surface area contributed by atoms with Crippen molar-refractivity contribution >= 4 is 5.69 Å². The third-order valence-electron chi connectivity index (χ3n) is 3.02. The van der Waals surface area contributed by atoms with Gasteiger partial charge in [0.05, 0.1) is 12.8 Å². The van der Waals surface area contributed by atoms with Gasteiger partial charge in [0, 0.05) is 20.1 Å². The van der Waals surface area contributed by atoms with E-state index < -0.39 is 0 Å². The fraction of sp³-hybridized carbons (Fsp3) is 0.600. The molecular weight excluding hydrogens is 224 g/mol. The molecule has 0 saturated carbocycles. The SMILES string of the molecule is COc1ccccc1N(C)CCNCCC(C)C.